The first-order chi connectivity index (χ1) is 14.0. The maximum atomic E-state index is 13.4. The van der Waals surface area contributed by atoms with Crippen molar-refractivity contribution in [2.24, 2.45) is 0 Å². The summed E-state index contributed by atoms with van der Waals surface area (Å²) in [5.74, 6) is 0.985. The molecule has 0 spiro atoms. The van der Waals surface area contributed by atoms with Crippen molar-refractivity contribution in [3.8, 4) is 5.75 Å². The van der Waals surface area contributed by atoms with E-state index in [1.165, 1.54) is 29.5 Å². The van der Waals surface area contributed by atoms with Crippen molar-refractivity contribution in [3.63, 3.8) is 0 Å². The van der Waals surface area contributed by atoms with Gasteiger partial charge in [0.25, 0.3) is 0 Å². The minimum atomic E-state index is -0.387. The topological polar surface area (TPSA) is 69.0 Å². The molecular weight excluding hydrogens is 391 g/mol. The number of aromatic nitrogens is 3. The van der Waals surface area contributed by atoms with Gasteiger partial charge in [0.05, 0.1) is 5.75 Å². The lowest BCUT2D eigenvalue weighted by Gasteiger charge is -2.10. The number of benzene rings is 2. The molecule has 0 atom stereocenters. The van der Waals surface area contributed by atoms with Gasteiger partial charge in [0.1, 0.15) is 18.2 Å². The van der Waals surface area contributed by atoms with Crippen molar-refractivity contribution in [2.45, 2.75) is 39.1 Å². The lowest BCUT2D eigenvalue weighted by Crippen LogP contribution is -2.15. The molecule has 3 rings (SSSR count). The molecule has 1 aromatic heterocycles. The van der Waals surface area contributed by atoms with Gasteiger partial charge in [-0.1, -0.05) is 35.5 Å². The molecular formula is C21H23FN4O2S. The molecule has 0 saturated carbocycles. The smallest absolute Gasteiger partial charge is 0.234 e. The highest BCUT2D eigenvalue weighted by Crippen LogP contribution is 2.21. The Balaban J connectivity index is 1.58. The van der Waals surface area contributed by atoms with Gasteiger partial charge in [-0.2, -0.15) is 0 Å². The van der Waals surface area contributed by atoms with Crippen molar-refractivity contribution in [3.05, 3.63) is 65.2 Å². The minimum absolute atomic E-state index is 0.146. The summed E-state index contributed by atoms with van der Waals surface area (Å²) in [4.78, 5) is 12.3. The fraction of sp³-hybridized carbons (Fsp3) is 0.286. The standard InChI is InChI=1S/C21H23FN4O2S/c1-4-26-19(12-28-17-9-5-14(2)6-10-17)24-25-21(26)29-13-20(27)23-18-11-16(22)8-7-15(18)3/h5-11H,4,12-13H2,1-3H3,(H,23,27). The van der Waals surface area contributed by atoms with Crippen LogP contribution >= 0.6 is 11.8 Å². The Morgan fingerprint density at radius 2 is 1.93 bits per heavy atom. The van der Waals surface area contributed by atoms with Crippen LogP contribution in [0.25, 0.3) is 0 Å². The number of hydrogen-bond donors (Lipinski definition) is 1. The number of carbonyl (C=O) groups excluding carboxylic acids is 1. The molecule has 0 aliphatic heterocycles. The van der Waals surface area contributed by atoms with Crippen molar-refractivity contribution < 1.29 is 13.9 Å². The number of hydrogen-bond acceptors (Lipinski definition) is 5. The summed E-state index contributed by atoms with van der Waals surface area (Å²) in [6, 6.07) is 12.1. The number of anilines is 1. The molecule has 0 bridgehead atoms. The number of rotatable bonds is 8. The second-order valence-electron chi connectivity index (χ2n) is 6.54. The first-order valence-electron chi connectivity index (χ1n) is 9.26. The highest BCUT2D eigenvalue weighted by Gasteiger charge is 2.14. The number of aryl methyl sites for hydroxylation is 2. The van der Waals surface area contributed by atoms with E-state index in [0.717, 1.165) is 11.3 Å². The van der Waals surface area contributed by atoms with E-state index >= 15 is 0 Å². The van der Waals surface area contributed by atoms with E-state index in [-0.39, 0.29) is 17.5 Å². The van der Waals surface area contributed by atoms with Gasteiger partial charge in [-0.3, -0.25) is 4.79 Å². The van der Waals surface area contributed by atoms with Crippen LogP contribution in [-0.2, 0) is 17.9 Å². The van der Waals surface area contributed by atoms with Crippen LogP contribution in [0, 0.1) is 19.7 Å². The summed E-state index contributed by atoms with van der Waals surface area (Å²) in [6.07, 6.45) is 0. The third-order valence-electron chi connectivity index (χ3n) is 4.30. The van der Waals surface area contributed by atoms with E-state index in [4.69, 9.17) is 4.74 Å². The van der Waals surface area contributed by atoms with Gasteiger partial charge in [0, 0.05) is 12.2 Å². The van der Waals surface area contributed by atoms with Gasteiger partial charge in [-0.25, -0.2) is 4.39 Å². The normalized spacial score (nSPS) is 10.8. The Labute approximate surface area is 173 Å². The van der Waals surface area contributed by atoms with Crippen molar-refractivity contribution in [1.82, 2.24) is 14.8 Å². The quantitative estimate of drug-likeness (QED) is 0.555. The van der Waals surface area contributed by atoms with Crippen molar-refractivity contribution in [1.29, 1.82) is 0 Å². The van der Waals surface area contributed by atoms with E-state index in [2.05, 4.69) is 15.5 Å². The molecule has 0 radical (unpaired) electrons. The first kappa shape index (κ1) is 20.9. The molecule has 1 N–H and O–H groups in total. The molecule has 0 unspecified atom stereocenters. The molecule has 2 aromatic carbocycles. The maximum Gasteiger partial charge on any atom is 0.234 e. The van der Waals surface area contributed by atoms with Gasteiger partial charge >= 0.3 is 0 Å². The zero-order valence-corrected chi connectivity index (χ0v) is 17.4. The van der Waals surface area contributed by atoms with Crippen molar-refractivity contribution >= 4 is 23.4 Å². The second-order valence-corrected chi connectivity index (χ2v) is 7.48. The molecule has 1 heterocycles. The van der Waals surface area contributed by atoms with E-state index < -0.39 is 0 Å². The fourth-order valence-electron chi connectivity index (χ4n) is 2.68. The number of thioether (sulfide) groups is 1. The van der Waals surface area contributed by atoms with Crippen LogP contribution in [0.15, 0.2) is 47.6 Å². The van der Waals surface area contributed by atoms with E-state index in [1.807, 2.05) is 49.6 Å². The van der Waals surface area contributed by atoms with Gasteiger partial charge in [0.2, 0.25) is 5.91 Å². The largest absolute Gasteiger partial charge is 0.486 e. The highest BCUT2D eigenvalue weighted by molar-refractivity contribution is 7.99. The monoisotopic (exact) mass is 414 g/mol. The molecule has 1 amide bonds. The van der Waals surface area contributed by atoms with Crippen LogP contribution in [0.2, 0.25) is 0 Å². The Bertz CT molecular complexity index is 989. The molecule has 29 heavy (non-hydrogen) atoms. The number of nitrogens with zero attached hydrogens (tertiary/aromatic N) is 3. The third kappa shape index (κ3) is 5.57. The molecule has 3 aromatic rings. The highest BCUT2D eigenvalue weighted by atomic mass is 32.2. The van der Waals surface area contributed by atoms with Crippen LogP contribution in [0.3, 0.4) is 0 Å². The van der Waals surface area contributed by atoms with Crippen LogP contribution < -0.4 is 10.1 Å². The summed E-state index contributed by atoms with van der Waals surface area (Å²) in [6.45, 7) is 6.77. The number of amides is 1. The van der Waals surface area contributed by atoms with Crippen molar-refractivity contribution in [2.75, 3.05) is 11.1 Å². The maximum absolute atomic E-state index is 13.4. The molecule has 8 heteroatoms. The zero-order chi connectivity index (χ0) is 20.8. The summed E-state index contributed by atoms with van der Waals surface area (Å²) < 4.78 is 21.1. The van der Waals surface area contributed by atoms with Crippen LogP contribution in [0.1, 0.15) is 23.9 Å². The van der Waals surface area contributed by atoms with Gasteiger partial charge in [-0.15, -0.1) is 10.2 Å². The lowest BCUT2D eigenvalue weighted by atomic mass is 10.2. The molecule has 6 nitrogen and oxygen atoms in total. The SMILES string of the molecule is CCn1c(COc2ccc(C)cc2)nnc1SCC(=O)Nc1cc(F)ccc1C. The molecule has 0 aliphatic carbocycles. The molecule has 0 fully saturated rings. The Morgan fingerprint density at radius 1 is 1.17 bits per heavy atom. The summed E-state index contributed by atoms with van der Waals surface area (Å²) in [5, 5.41) is 11.7. The van der Waals surface area contributed by atoms with Gasteiger partial charge in [-0.05, 0) is 50.6 Å². The first-order valence-corrected chi connectivity index (χ1v) is 10.2. The Morgan fingerprint density at radius 3 is 2.66 bits per heavy atom. The van der Waals surface area contributed by atoms with Gasteiger partial charge in [0.15, 0.2) is 11.0 Å². The number of carbonyl (C=O) groups is 1. The average Bonchev–Trinajstić information content (AvgIpc) is 3.10. The Hall–Kier alpha value is -2.87. The minimum Gasteiger partial charge on any atom is -0.486 e. The van der Waals surface area contributed by atoms with Crippen LogP contribution in [-0.4, -0.2) is 26.4 Å². The number of ether oxygens (including phenoxy) is 1. The van der Waals surface area contributed by atoms with Gasteiger partial charge < -0.3 is 14.6 Å². The number of nitrogens with one attached hydrogen (secondary N) is 1. The average molecular weight is 415 g/mol. The van der Waals surface area contributed by atoms with E-state index in [1.54, 1.807) is 6.07 Å². The predicted molar refractivity (Wildman–Crippen MR) is 112 cm³/mol. The fourth-order valence-corrected chi connectivity index (χ4v) is 3.50. The van der Waals surface area contributed by atoms with Crippen LogP contribution in [0.5, 0.6) is 5.75 Å². The Kier molecular flexibility index (Phi) is 6.87. The zero-order valence-electron chi connectivity index (χ0n) is 16.6. The van der Waals surface area contributed by atoms with E-state index in [0.29, 0.717) is 29.8 Å². The molecule has 0 aliphatic rings. The second kappa shape index (κ2) is 9.56. The third-order valence-corrected chi connectivity index (χ3v) is 5.27. The lowest BCUT2D eigenvalue weighted by molar-refractivity contribution is -0.113. The molecule has 152 valence electrons. The number of halogens is 1. The predicted octanol–water partition coefficient (Wildman–Crippen LogP) is 4.36. The summed E-state index contributed by atoms with van der Waals surface area (Å²) >= 11 is 1.28. The van der Waals surface area contributed by atoms with Crippen LogP contribution in [0.4, 0.5) is 10.1 Å². The van der Waals surface area contributed by atoms with E-state index in [9.17, 15) is 9.18 Å². The summed E-state index contributed by atoms with van der Waals surface area (Å²) in [5.41, 5.74) is 2.44. The molecule has 0 saturated heterocycles. The summed E-state index contributed by atoms with van der Waals surface area (Å²) in [7, 11) is 0.